The molecule has 0 aromatic carbocycles. The van der Waals surface area contributed by atoms with Crippen LogP contribution in [0.2, 0.25) is 0 Å². The molecule has 0 saturated carbocycles. The highest BCUT2D eigenvalue weighted by molar-refractivity contribution is 5.72. The molecule has 12 nitrogen and oxygen atoms in total. The van der Waals surface area contributed by atoms with Crippen molar-refractivity contribution in [1.29, 1.82) is 0 Å². The Labute approximate surface area is 676 Å². The molecule has 1 saturated heterocycles. The van der Waals surface area contributed by atoms with Crippen LogP contribution in [0.25, 0.3) is 0 Å². The molecule has 640 valence electrons. The topological polar surface area (TPSA) is 122 Å². The minimum atomic E-state index is -0.360. The minimum Gasteiger partial charge on any atom is -0.462 e. The van der Waals surface area contributed by atoms with Crippen LogP contribution in [-0.2, 0) is 47.5 Å². The van der Waals surface area contributed by atoms with Crippen molar-refractivity contribution in [3.05, 3.63) is 48.6 Å². The second kappa shape index (κ2) is 86.0. The quantitative estimate of drug-likeness (QED) is 0.0249. The Balaban J connectivity index is 3.09. The van der Waals surface area contributed by atoms with E-state index in [1.54, 1.807) is 0 Å². The van der Waals surface area contributed by atoms with E-state index in [2.05, 4.69) is 100.0 Å². The molecular weight excluding hydrogens is 1350 g/mol. The van der Waals surface area contributed by atoms with E-state index in [4.69, 9.17) is 33.2 Å². The van der Waals surface area contributed by atoms with E-state index in [9.17, 15) is 14.4 Å². The molecule has 1 unspecified atom stereocenters. The lowest BCUT2D eigenvalue weighted by atomic mass is 9.95. The van der Waals surface area contributed by atoms with Gasteiger partial charge in [0, 0.05) is 39.3 Å². The Morgan fingerprint density at radius 1 is 0.303 bits per heavy atom. The number of ether oxygens (including phenoxy) is 7. The molecule has 1 aliphatic heterocycles. The van der Waals surface area contributed by atoms with Gasteiger partial charge in [-0.1, -0.05) is 296 Å². The van der Waals surface area contributed by atoms with Gasteiger partial charge in [-0.2, -0.15) is 0 Å². The van der Waals surface area contributed by atoms with Gasteiger partial charge >= 0.3 is 17.9 Å². The van der Waals surface area contributed by atoms with Gasteiger partial charge in [-0.05, 0) is 219 Å². The number of nitrogens with zero attached hydrogens (tertiary/aromatic N) is 2. The maximum atomic E-state index is 14.7. The fourth-order valence-corrected chi connectivity index (χ4v) is 14.8. The molecule has 0 aliphatic carbocycles. The number of carbonyl (C=O) groups excluding carboxylic acids is 3. The molecule has 0 aromatic rings. The molecule has 1 rings (SSSR count). The molecule has 1 aliphatic rings. The highest BCUT2D eigenvalue weighted by Gasteiger charge is 2.25. The van der Waals surface area contributed by atoms with Crippen molar-refractivity contribution in [2.24, 2.45) is 5.92 Å². The van der Waals surface area contributed by atoms with Crippen molar-refractivity contribution in [3.8, 4) is 0 Å². The number of likely N-dealkylation sites (tertiary alicyclic amines) is 1. The average molecular weight is 1540 g/mol. The third-order valence-corrected chi connectivity index (χ3v) is 21.9. The van der Waals surface area contributed by atoms with Crippen LogP contribution in [0.5, 0.6) is 0 Å². The van der Waals surface area contributed by atoms with Gasteiger partial charge in [-0.25, -0.2) is 0 Å². The van der Waals surface area contributed by atoms with Crippen molar-refractivity contribution >= 4 is 17.9 Å². The summed E-state index contributed by atoms with van der Waals surface area (Å²) in [4.78, 5) is 46.5. The number of rotatable bonds is 87. The van der Waals surface area contributed by atoms with Crippen LogP contribution in [0.15, 0.2) is 48.6 Å². The van der Waals surface area contributed by atoms with Gasteiger partial charge in [0.2, 0.25) is 0 Å². The summed E-state index contributed by atoms with van der Waals surface area (Å²) >= 11 is 0. The zero-order valence-electron chi connectivity index (χ0n) is 73.1. The van der Waals surface area contributed by atoms with Crippen molar-refractivity contribution in [1.82, 2.24) is 9.80 Å². The first-order valence-corrected chi connectivity index (χ1v) is 47.7. The van der Waals surface area contributed by atoms with Crippen molar-refractivity contribution in [2.75, 3.05) is 92.1 Å². The molecule has 1 atom stereocenters. The van der Waals surface area contributed by atoms with Gasteiger partial charge in [-0.3, -0.25) is 14.4 Å². The van der Waals surface area contributed by atoms with Crippen LogP contribution >= 0.6 is 0 Å². The molecule has 0 N–H and O–H groups in total. The first-order valence-electron chi connectivity index (χ1n) is 47.7. The smallest absolute Gasteiger partial charge is 0.309 e. The largest absolute Gasteiger partial charge is 0.462 e. The fourth-order valence-electron chi connectivity index (χ4n) is 14.8. The zero-order valence-corrected chi connectivity index (χ0v) is 73.1. The van der Waals surface area contributed by atoms with Gasteiger partial charge in [0.05, 0.1) is 32.3 Å². The fraction of sp³-hybridized carbons (Fsp3) is 0.887. The second-order valence-electron chi connectivity index (χ2n) is 32.7. The number of piperidine rings is 1. The van der Waals surface area contributed by atoms with Crippen LogP contribution in [0.1, 0.15) is 440 Å². The maximum Gasteiger partial charge on any atom is 0.309 e. The molecule has 0 spiro atoms. The van der Waals surface area contributed by atoms with Gasteiger partial charge in [0.25, 0.3) is 0 Å². The van der Waals surface area contributed by atoms with E-state index >= 15 is 0 Å². The second-order valence-corrected chi connectivity index (χ2v) is 32.7. The summed E-state index contributed by atoms with van der Waals surface area (Å²) in [6.45, 7) is 24.4. The van der Waals surface area contributed by atoms with Gasteiger partial charge in [0.1, 0.15) is 18.3 Å². The SMILES string of the molecule is CCCCC/C=C/C/C=C/CCCCCCCCC(CCCCCCCC/C=C/C/C=C/CCCCC)OC(=O)C(CCCCN(CCCCCCCC(=O)OC(COCCCCCC)COCCCCCC)CCCCCCCC(=O)OC(COCCCCCC)COCCCCCC)CCCN1CCCCC1. The van der Waals surface area contributed by atoms with Gasteiger partial charge in [-0.15, -0.1) is 0 Å². The van der Waals surface area contributed by atoms with E-state index in [1.165, 1.54) is 212 Å². The monoisotopic (exact) mass is 1540 g/mol. The summed E-state index contributed by atoms with van der Waals surface area (Å²) in [5.74, 6) is -0.252. The molecule has 0 radical (unpaired) electrons. The summed E-state index contributed by atoms with van der Waals surface area (Å²) < 4.78 is 42.7. The maximum absolute atomic E-state index is 14.7. The van der Waals surface area contributed by atoms with E-state index in [1.807, 2.05) is 0 Å². The minimum absolute atomic E-state index is 0.0147. The Kier molecular flexibility index (Phi) is 82.2. The van der Waals surface area contributed by atoms with Crippen molar-refractivity contribution in [2.45, 2.75) is 458 Å². The third kappa shape index (κ3) is 75.0. The highest BCUT2D eigenvalue weighted by Crippen LogP contribution is 2.25. The predicted octanol–water partition coefficient (Wildman–Crippen LogP) is 27.6. The van der Waals surface area contributed by atoms with E-state index in [-0.39, 0.29) is 42.1 Å². The van der Waals surface area contributed by atoms with Crippen LogP contribution in [0.3, 0.4) is 0 Å². The van der Waals surface area contributed by atoms with Crippen molar-refractivity contribution < 1.29 is 47.5 Å². The standard InChI is InChI=1S/C97H182N2O10/c1-7-13-19-25-27-29-31-33-35-37-39-41-43-45-49-56-73-92(74-57-50-46-44-42-40-38-36-34-32-30-28-26-20-14-8-2)109-97(102)91(72-70-82-99-79-63-55-64-80-99)71-60-65-81-98(77-61-53-47-51-58-75-95(100)107-93(87-103-83-66-21-15-9-3)88-104-84-67-22-16-10-4)78-62-54-48-52-59-76-96(101)108-94(89-105-85-68-23-17-11-5)90-106-86-69-24-18-12-6/h27-30,33-36,91-94H,7-26,31-32,37-90H2,1-6H3/b29-27+,30-28+,35-33+,36-34+. The normalized spacial score (nSPS) is 13.4. The molecule has 12 heteroatoms. The summed E-state index contributed by atoms with van der Waals surface area (Å²) in [7, 11) is 0. The number of unbranched alkanes of at least 4 members (excludes halogenated alkanes) is 39. The lowest BCUT2D eigenvalue weighted by molar-refractivity contribution is -0.157. The molecular formula is C97H182N2O10. The van der Waals surface area contributed by atoms with Crippen LogP contribution in [-0.4, -0.2) is 138 Å². The Bertz CT molecular complexity index is 1860. The number of allylic oxidation sites excluding steroid dienone is 8. The molecule has 109 heavy (non-hydrogen) atoms. The number of esters is 3. The summed E-state index contributed by atoms with van der Waals surface area (Å²) in [6, 6.07) is 0. The number of carbonyl (C=O) groups is 3. The van der Waals surface area contributed by atoms with Crippen LogP contribution in [0.4, 0.5) is 0 Å². The van der Waals surface area contributed by atoms with Crippen molar-refractivity contribution in [3.63, 3.8) is 0 Å². The third-order valence-electron chi connectivity index (χ3n) is 21.9. The summed E-state index contributed by atoms with van der Waals surface area (Å²) in [5, 5.41) is 0. The lowest BCUT2D eigenvalue weighted by Gasteiger charge is -2.27. The Morgan fingerprint density at radius 3 is 0.991 bits per heavy atom. The molecule has 0 aromatic heterocycles. The summed E-state index contributed by atoms with van der Waals surface area (Å²) in [6.07, 6.45) is 88.5. The number of hydrogen-bond acceptors (Lipinski definition) is 12. The average Bonchev–Trinajstić information content (AvgIpc) is 0.900. The number of hydrogen-bond donors (Lipinski definition) is 0. The lowest BCUT2D eigenvalue weighted by Crippen LogP contribution is -2.31. The first-order chi connectivity index (χ1) is 53.8. The van der Waals surface area contributed by atoms with E-state index in [0.29, 0.717) is 65.7 Å². The molecule has 1 heterocycles. The van der Waals surface area contributed by atoms with Gasteiger partial charge in [0.15, 0.2) is 0 Å². The first kappa shape index (κ1) is 104. The molecule has 0 amide bonds. The zero-order chi connectivity index (χ0) is 78.5. The van der Waals surface area contributed by atoms with Crippen LogP contribution in [0, 0.1) is 5.92 Å². The molecule has 0 bridgehead atoms. The van der Waals surface area contributed by atoms with Crippen LogP contribution < -0.4 is 0 Å². The van der Waals surface area contributed by atoms with E-state index < -0.39 is 0 Å². The van der Waals surface area contributed by atoms with E-state index in [0.717, 1.165) is 212 Å². The molecule has 1 fully saturated rings. The Morgan fingerprint density at radius 2 is 0.606 bits per heavy atom. The highest BCUT2D eigenvalue weighted by atomic mass is 16.6. The summed E-state index contributed by atoms with van der Waals surface area (Å²) in [5.41, 5.74) is 0. The predicted molar refractivity (Wildman–Crippen MR) is 466 cm³/mol. The van der Waals surface area contributed by atoms with Gasteiger partial charge < -0.3 is 43.0 Å². The Hall–Kier alpha value is -2.87.